The van der Waals surface area contributed by atoms with E-state index in [2.05, 4.69) is 27.7 Å². The van der Waals surface area contributed by atoms with E-state index in [1.165, 1.54) is 173 Å². The molecule has 0 amide bonds. The molecular weight excluding hydrogens is 697 g/mol. The fourth-order valence-corrected chi connectivity index (χ4v) is 7.51. The zero-order valence-corrected chi connectivity index (χ0v) is 38.1. The minimum Gasteiger partial charge on any atom is -0.462 e. The second-order valence-electron chi connectivity index (χ2n) is 17.6. The summed E-state index contributed by atoms with van der Waals surface area (Å²) in [5, 5.41) is 0. The molecule has 0 unspecified atom stereocenters. The fraction of sp³-hybridized carbons (Fsp3) is 0.940. The lowest BCUT2D eigenvalue weighted by Gasteiger charge is -2.18. The minimum atomic E-state index is -0.760. The van der Waals surface area contributed by atoms with E-state index in [1.807, 2.05) is 0 Å². The summed E-state index contributed by atoms with van der Waals surface area (Å²) in [5.41, 5.74) is 0. The molecule has 0 aromatic carbocycles. The summed E-state index contributed by atoms with van der Waals surface area (Å²) in [6.45, 7) is 8.98. The molecule has 0 N–H and O–H groups in total. The van der Waals surface area contributed by atoms with E-state index >= 15 is 0 Å². The van der Waals surface area contributed by atoms with Crippen molar-refractivity contribution >= 4 is 17.9 Å². The summed E-state index contributed by atoms with van der Waals surface area (Å²) in [4.78, 5) is 37.8. The summed E-state index contributed by atoms with van der Waals surface area (Å²) in [6.07, 6.45) is 45.2. The second-order valence-corrected chi connectivity index (χ2v) is 17.6. The Morgan fingerprint density at radius 3 is 0.875 bits per heavy atom. The first-order valence-electron chi connectivity index (χ1n) is 24.9. The Morgan fingerprint density at radius 1 is 0.339 bits per heavy atom. The van der Waals surface area contributed by atoms with Crippen LogP contribution in [0.15, 0.2) is 0 Å². The Balaban J connectivity index is 4.30. The molecule has 0 rings (SSSR count). The zero-order valence-electron chi connectivity index (χ0n) is 38.1. The normalized spacial score (nSPS) is 11.9. The van der Waals surface area contributed by atoms with Crippen molar-refractivity contribution in [1.29, 1.82) is 0 Å². The van der Waals surface area contributed by atoms with Gasteiger partial charge in [-0.15, -0.1) is 0 Å². The highest BCUT2D eigenvalue weighted by Gasteiger charge is 2.19. The van der Waals surface area contributed by atoms with Crippen molar-refractivity contribution in [3.05, 3.63) is 0 Å². The van der Waals surface area contributed by atoms with Crippen molar-refractivity contribution < 1.29 is 28.6 Å². The van der Waals surface area contributed by atoms with Crippen LogP contribution in [0.25, 0.3) is 0 Å². The van der Waals surface area contributed by atoms with Crippen LogP contribution in [0.3, 0.4) is 0 Å². The van der Waals surface area contributed by atoms with Crippen LogP contribution in [0, 0.1) is 5.92 Å². The van der Waals surface area contributed by atoms with Gasteiger partial charge < -0.3 is 14.2 Å². The van der Waals surface area contributed by atoms with Gasteiger partial charge in [0.1, 0.15) is 13.2 Å². The van der Waals surface area contributed by atoms with Gasteiger partial charge in [-0.1, -0.05) is 240 Å². The average Bonchev–Trinajstić information content (AvgIpc) is 3.18. The number of hydrogen-bond acceptors (Lipinski definition) is 6. The van der Waals surface area contributed by atoms with Crippen molar-refractivity contribution in [1.82, 2.24) is 0 Å². The maximum absolute atomic E-state index is 12.8. The van der Waals surface area contributed by atoms with Gasteiger partial charge in [0.15, 0.2) is 6.10 Å². The summed E-state index contributed by atoms with van der Waals surface area (Å²) in [6, 6.07) is 0. The van der Waals surface area contributed by atoms with Gasteiger partial charge in [0.25, 0.3) is 0 Å². The molecule has 6 nitrogen and oxygen atoms in total. The van der Waals surface area contributed by atoms with Crippen LogP contribution in [-0.2, 0) is 28.6 Å². The van der Waals surface area contributed by atoms with Crippen LogP contribution in [-0.4, -0.2) is 37.2 Å². The van der Waals surface area contributed by atoms with Gasteiger partial charge in [0, 0.05) is 19.3 Å². The number of ether oxygens (including phenoxy) is 3. The fourth-order valence-electron chi connectivity index (χ4n) is 7.51. The third kappa shape index (κ3) is 43.5. The smallest absolute Gasteiger partial charge is 0.306 e. The summed E-state index contributed by atoms with van der Waals surface area (Å²) < 4.78 is 16.8. The molecule has 0 radical (unpaired) electrons. The van der Waals surface area contributed by atoms with E-state index in [1.54, 1.807) is 0 Å². The highest BCUT2D eigenvalue weighted by Crippen LogP contribution is 2.17. The van der Waals surface area contributed by atoms with Crippen LogP contribution in [0.2, 0.25) is 0 Å². The van der Waals surface area contributed by atoms with Crippen LogP contribution >= 0.6 is 0 Å². The van der Waals surface area contributed by atoms with Crippen molar-refractivity contribution in [2.24, 2.45) is 5.92 Å². The third-order valence-corrected chi connectivity index (χ3v) is 11.3. The topological polar surface area (TPSA) is 78.9 Å². The van der Waals surface area contributed by atoms with Gasteiger partial charge in [-0.3, -0.25) is 14.4 Å². The summed E-state index contributed by atoms with van der Waals surface area (Å²) in [7, 11) is 0. The molecule has 1 atom stereocenters. The number of unbranched alkanes of at least 4 members (excludes halogenated alkanes) is 32. The largest absolute Gasteiger partial charge is 0.462 e. The van der Waals surface area contributed by atoms with Gasteiger partial charge in [-0.05, 0) is 25.2 Å². The second kappa shape index (κ2) is 44.5. The van der Waals surface area contributed by atoms with Gasteiger partial charge in [0.05, 0.1) is 0 Å². The Morgan fingerprint density at radius 2 is 0.589 bits per heavy atom. The third-order valence-electron chi connectivity index (χ3n) is 11.3. The van der Waals surface area contributed by atoms with E-state index in [-0.39, 0.29) is 31.1 Å². The highest BCUT2D eigenvalue weighted by molar-refractivity contribution is 5.71. The first kappa shape index (κ1) is 54.4. The van der Waals surface area contributed by atoms with Crippen molar-refractivity contribution in [3.63, 3.8) is 0 Å². The van der Waals surface area contributed by atoms with E-state index in [4.69, 9.17) is 14.2 Å². The molecule has 0 aliphatic carbocycles. The lowest BCUT2D eigenvalue weighted by molar-refractivity contribution is -0.167. The number of rotatable bonds is 45. The number of carbonyl (C=O) groups excluding carboxylic acids is 3. The van der Waals surface area contributed by atoms with Gasteiger partial charge in [-0.2, -0.15) is 0 Å². The lowest BCUT2D eigenvalue weighted by Crippen LogP contribution is -2.30. The molecule has 0 spiro atoms. The number of esters is 3. The standard InChI is InChI=1S/C50H96O6/c1-5-7-9-11-13-15-17-18-19-20-21-23-25-31-35-39-43-50(53)56-47(44-54-48(51)41-37-33-29-24-22-16-14-12-10-8-6-2)45-55-49(52)42-38-34-30-27-26-28-32-36-40-46(3)4/h46-47H,5-45H2,1-4H3/t47-/m1/s1. The first-order chi connectivity index (χ1) is 27.4. The average molecular weight is 793 g/mol. The van der Waals surface area contributed by atoms with Crippen molar-refractivity contribution in [2.75, 3.05) is 13.2 Å². The van der Waals surface area contributed by atoms with Crippen LogP contribution in [0.4, 0.5) is 0 Å². The molecule has 6 heteroatoms. The molecule has 0 saturated heterocycles. The number of hydrogen-bond donors (Lipinski definition) is 0. The highest BCUT2D eigenvalue weighted by atomic mass is 16.6. The Labute approximate surface area is 348 Å². The van der Waals surface area contributed by atoms with E-state index in [0.29, 0.717) is 19.3 Å². The van der Waals surface area contributed by atoms with Gasteiger partial charge in [-0.25, -0.2) is 0 Å². The minimum absolute atomic E-state index is 0.0635. The van der Waals surface area contributed by atoms with E-state index < -0.39 is 6.10 Å². The van der Waals surface area contributed by atoms with Gasteiger partial charge in [0.2, 0.25) is 0 Å². The Kier molecular flexibility index (Phi) is 43.2. The van der Waals surface area contributed by atoms with Crippen LogP contribution in [0.5, 0.6) is 0 Å². The summed E-state index contributed by atoms with van der Waals surface area (Å²) >= 11 is 0. The molecule has 0 aromatic rings. The monoisotopic (exact) mass is 793 g/mol. The maximum Gasteiger partial charge on any atom is 0.306 e. The van der Waals surface area contributed by atoms with Crippen LogP contribution < -0.4 is 0 Å². The molecule has 332 valence electrons. The predicted octanol–water partition coefficient (Wildman–Crippen LogP) is 15.9. The Bertz CT molecular complexity index is 841. The van der Waals surface area contributed by atoms with Crippen molar-refractivity contribution in [3.8, 4) is 0 Å². The molecule has 56 heavy (non-hydrogen) atoms. The zero-order chi connectivity index (χ0) is 41.0. The Hall–Kier alpha value is -1.59. The SMILES string of the molecule is CCCCCCCCCCCCCCCCCCC(=O)O[C@H](COC(=O)CCCCCCCCCCCCC)COC(=O)CCCCCCCCCCC(C)C. The van der Waals surface area contributed by atoms with E-state index in [0.717, 1.165) is 63.7 Å². The first-order valence-corrected chi connectivity index (χ1v) is 24.9. The quantitative estimate of drug-likeness (QED) is 0.0347. The molecule has 0 aliphatic rings. The molecule has 0 aliphatic heterocycles. The molecule has 0 heterocycles. The van der Waals surface area contributed by atoms with Crippen molar-refractivity contribution in [2.45, 2.75) is 284 Å². The predicted molar refractivity (Wildman–Crippen MR) is 238 cm³/mol. The summed E-state index contributed by atoms with van der Waals surface area (Å²) in [5.74, 6) is -0.0532. The van der Waals surface area contributed by atoms with Gasteiger partial charge >= 0.3 is 17.9 Å². The molecule has 0 aromatic heterocycles. The van der Waals surface area contributed by atoms with Crippen LogP contribution in [0.1, 0.15) is 278 Å². The molecule has 0 bridgehead atoms. The molecular formula is C50H96O6. The number of carbonyl (C=O) groups is 3. The molecule has 0 fully saturated rings. The lowest BCUT2D eigenvalue weighted by atomic mass is 10.0. The van der Waals surface area contributed by atoms with E-state index in [9.17, 15) is 14.4 Å². The maximum atomic E-state index is 12.8. The molecule has 0 saturated carbocycles.